The van der Waals surface area contributed by atoms with E-state index in [1.54, 1.807) is 18.2 Å². The summed E-state index contributed by atoms with van der Waals surface area (Å²) in [5.74, 6) is -0.116. The van der Waals surface area contributed by atoms with Gasteiger partial charge in [-0.1, -0.05) is 41.4 Å². The standard InChI is InChI=1S/C16H12Cl2N2O/c17-13-6-5-12(9-14(13)18)19-16(21)10-20-8-7-11-3-1-2-4-15(11)20/h1-9H,10H2,(H,19,21). The Morgan fingerprint density at radius 1 is 1.05 bits per heavy atom. The molecule has 1 N–H and O–H groups in total. The molecule has 0 bridgehead atoms. The number of benzene rings is 2. The summed E-state index contributed by atoms with van der Waals surface area (Å²) in [6.45, 7) is 0.244. The van der Waals surface area contributed by atoms with E-state index in [1.807, 2.05) is 41.1 Å². The van der Waals surface area contributed by atoms with Crippen molar-refractivity contribution < 1.29 is 4.79 Å². The number of carbonyl (C=O) groups is 1. The molecule has 1 amide bonds. The van der Waals surface area contributed by atoms with E-state index in [1.165, 1.54) is 0 Å². The van der Waals surface area contributed by atoms with Crippen molar-refractivity contribution in [3.05, 3.63) is 64.8 Å². The lowest BCUT2D eigenvalue weighted by atomic mass is 10.2. The highest BCUT2D eigenvalue weighted by Crippen LogP contribution is 2.25. The Bertz CT molecular complexity index is 811. The fourth-order valence-corrected chi connectivity index (χ4v) is 2.51. The van der Waals surface area contributed by atoms with Crippen LogP contribution in [-0.4, -0.2) is 10.5 Å². The second kappa shape index (κ2) is 5.80. The first-order valence-corrected chi connectivity index (χ1v) is 7.18. The van der Waals surface area contributed by atoms with E-state index in [2.05, 4.69) is 5.32 Å². The topological polar surface area (TPSA) is 34.0 Å². The van der Waals surface area contributed by atoms with Gasteiger partial charge in [0.2, 0.25) is 5.91 Å². The summed E-state index contributed by atoms with van der Waals surface area (Å²) < 4.78 is 1.90. The maximum atomic E-state index is 12.1. The molecule has 106 valence electrons. The molecule has 1 heterocycles. The summed E-state index contributed by atoms with van der Waals surface area (Å²) in [5.41, 5.74) is 1.66. The largest absolute Gasteiger partial charge is 0.338 e. The molecule has 2 aromatic carbocycles. The van der Waals surface area contributed by atoms with Gasteiger partial charge in [0.25, 0.3) is 0 Å². The number of rotatable bonds is 3. The highest BCUT2D eigenvalue weighted by molar-refractivity contribution is 6.42. The van der Waals surface area contributed by atoms with E-state index in [0.717, 1.165) is 10.9 Å². The SMILES string of the molecule is O=C(Cn1ccc2ccccc21)Nc1ccc(Cl)c(Cl)c1. The Morgan fingerprint density at radius 2 is 1.86 bits per heavy atom. The van der Waals surface area contributed by atoms with Gasteiger partial charge in [0, 0.05) is 17.4 Å². The molecule has 0 fully saturated rings. The number of anilines is 1. The van der Waals surface area contributed by atoms with Crippen molar-refractivity contribution in [1.82, 2.24) is 4.57 Å². The number of hydrogen-bond acceptors (Lipinski definition) is 1. The van der Waals surface area contributed by atoms with Crippen molar-refractivity contribution >= 4 is 45.7 Å². The van der Waals surface area contributed by atoms with Crippen molar-refractivity contribution in [2.24, 2.45) is 0 Å². The lowest BCUT2D eigenvalue weighted by Gasteiger charge is -2.08. The van der Waals surface area contributed by atoms with Crippen LogP contribution < -0.4 is 5.32 Å². The number of halogens is 2. The minimum Gasteiger partial charge on any atom is -0.338 e. The van der Waals surface area contributed by atoms with Crippen molar-refractivity contribution in [3.8, 4) is 0 Å². The molecule has 0 radical (unpaired) electrons. The quantitative estimate of drug-likeness (QED) is 0.753. The van der Waals surface area contributed by atoms with Gasteiger partial charge < -0.3 is 9.88 Å². The van der Waals surface area contributed by atoms with Gasteiger partial charge >= 0.3 is 0 Å². The van der Waals surface area contributed by atoms with Crippen LogP contribution in [0.25, 0.3) is 10.9 Å². The van der Waals surface area contributed by atoms with Gasteiger partial charge in [0.05, 0.1) is 10.0 Å². The number of nitrogens with one attached hydrogen (secondary N) is 1. The summed E-state index contributed by atoms with van der Waals surface area (Å²) in [6, 6.07) is 14.9. The maximum Gasteiger partial charge on any atom is 0.244 e. The molecular weight excluding hydrogens is 307 g/mol. The third-order valence-electron chi connectivity index (χ3n) is 3.20. The molecule has 3 aromatic rings. The number of fused-ring (bicyclic) bond motifs is 1. The van der Waals surface area contributed by atoms with Crippen LogP contribution in [0.4, 0.5) is 5.69 Å². The summed E-state index contributed by atoms with van der Waals surface area (Å²) in [4.78, 5) is 12.1. The zero-order valence-corrected chi connectivity index (χ0v) is 12.5. The monoisotopic (exact) mass is 318 g/mol. The van der Waals surface area contributed by atoms with Crippen molar-refractivity contribution in [1.29, 1.82) is 0 Å². The van der Waals surface area contributed by atoms with Crippen LogP contribution in [-0.2, 0) is 11.3 Å². The number of nitrogens with zero attached hydrogens (tertiary/aromatic N) is 1. The van der Waals surface area contributed by atoms with Gasteiger partial charge in [-0.3, -0.25) is 4.79 Å². The molecule has 1 aromatic heterocycles. The van der Waals surface area contributed by atoms with Crippen molar-refractivity contribution in [2.45, 2.75) is 6.54 Å². The molecule has 0 aliphatic heterocycles. The zero-order chi connectivity index (χ0) is 14.8. The molecule has 0 atom stereocenters. The number of aromatic nitrogens is 1. The fraction of sp³-hybridized carbons (Fsp3) is 0.0625. The molecule has 0 saturated heterocycles. The Balaban J connectivity index is 1.75. The fourth-order valence-electron chi connectivity index (χ4n) is 2.21. The van der Waals surface area contributed by atoms with Crippen LogP contribution in [0.1, 0.15) is 0 Å². The highest BCUT2D eigenvalue weighted by atomic mass is 35.5. The molecule has 0 aliphatic carbocycles. The van der Waals surface area contributed by atoms with E-state index in [0.29, 0.717) is 15.7 Å². The third-order valence-corrected chi connectivity index (χ3v) is 3.94. The summed E-state index contributed by atoms with van der Waals surface area (Å²) in [6.07, 6.45) is 1.90. The Labute approximate surface area is 132 Å². The van der Waals surface area contributed by atoms with Gasteiger partial charge in [-0.15, -0.1) is 0 Å². The van der Waals surface area contributed by atoms with Crippen LogP contribution in [0.5, 0.6) is 0 Å². The highest BCUT2D eigenvalue weighted by Gasteiger charge is 2.07. The Kier molecular flexibility index (Phi) is 3.86. The number of amides is 1. The molecule has 0 unspecified atom stereocenters. The van der Waals surface area contributed by atoms with Crippen LogP contribution in [0, 0.1) is 0 Å². The average molecular weight is 319 g/mol. The first-order valence-electron chi connectivity index (χ1n) is 6.42. The van der Waals surface area contributed by atoms with E-state index in [-0.39, 0.29) is 12.5 Å². The van der Waals surface area contributed by atoms with Gasteiger partial charge in [-0.25, -0.2) is 0 Å². The normalized spacial score (nSPS) is 10.8. The van der Waals surface area contributed by atoms with E-state index >= 15 is 0 Å². The zero-order valence-electron chi connectivity index (χ0n) is 11.0. The molecule has 5 heteroatoms. The van der Waals surface area contributed by atoms with Crippen molar-refractivity contribution in [2.75, 3.05) is 5.32 Å². The van der Waals surface area contributed by atoms with E-state index in [4.69, 9.17) is 23.2 Å². The van der Waals surface area contributed by atoms with E-state index in [9.17, 15) is 4.79 Å². The van der Waals surface area contributed by atoms with Crippen LogP contribution in [0.2, 0.25) is 10.0 Å². The van der Waals surface area contributed by atoms with Crippen LogP contribution in [0.3, 0.4) is 0 Å². The van der Waals surface area contributed by atoms with Gasteiger partial charge in [0.1, 0.15) is 6.54 Å². The molecule has 3 nitrogen and oxygen atoms in total. The minimum atomic E-state index is -0.116. The summed E-state index contributed by atoms with van der Waals surface area (Å²) in [5, 5.41) is 4.80. The smallest absolute Gasteiger partial charge is 0.244 e. The molecule has 3 rings (SSSR count). The molecule has 0 aliphatic rings. The second-order valence-electron chi connectivity index (χ2n) is 4.68. The lowest BCUT2D eigenvalue weighted by molar-refractivity contribution is -0.116. The number of hydrogen-bond donors (Lipinski definition) is 1. The first-order chi connectivity index (χ1) is 10.1. The molecule has 0 spiro atoms. The van der Waals surface area contributed by atoms with Crippen LogP contribution >= 0.6 is 23.2 Å². The van der Waals surface area contributed by atoms with Gasteiger partial charge in [0.15, 0.2) is 0 Å². The Hall–Kier alpha value is -1.97. The minimum absolute atomic E-state index is 0.116. The average Bonchev–Trinajstić information content (AvgIpc) is 2.86. The lowest BCUT2D eigenvalue weighted by Crippen LogP contribution is -2.18. The summed E-state index contributed by atoms with van der Waals surface area (Å²) >= 11 is 11.8. The second-order valence-corrected chi connectivity index (χ2v) is 5.49. The maximum absolute atomic E-state index is 12.1. The first kappa shape index (κ1) is 14.0. The summed E-state index contributed by atoms with van der Waals surface area (Å²) in [7, 11) is 0. The van der Waals surface area contributed by atoms with Crippen molar-refractivity contribution in [3.63, 3.8) is 0 Å². The predicted octanol–water partition coefficient (Wildman–Crippen LogP) is 4.59. The van der Waals surface area contributed by atoms with Crippen LogP contribution in [0.15, 0.2) is 54.7 Å². The third kappa shape index (κ3) is 3.04. The number of carbonyl (C=O) groups excluding carboxylic acids is 1. The molecular formula is C16H12Cl2N2O. The van der Waals surface area contributed by atoms with E-state index < -0.39 is 0 Å². The Morgan fingerprint density at radius 3 is 2.67 bits per heavy atom. The molecule has 0 saturated carbocycles. The number of para-hydroxylation sites is 1. The predicted molar refractivity (Wildman–Crippen MR) is 87.0 cm³/mol. The van der Waals surface area contributed by atoms with Gasteiger partial charge in [-0.2, -0.15) is 0 Å². The van der Waals surface area contributed by atoms with Gasteiger partial charge in [-0.05, 0) is 35.7 Å². The molecule has 21 heavy (non-hydrogen) atoms.